The summed E-state index contributed by atoms with van der Waals surface area (Å²) >= 11 is 0. The molecule has 2 heterocycles. The Bertz CT molecular complexity index is 636. The molecule has 1 aliphatic heterocycles. The van der Waals surface area contributed by atoms with Gasteiger partial charge in [0.25, 0.3) is 0 Å². The van der Waals surface area contributed by atoms with Crippen LogP contribution in [-0.2, 0) is 30.3 Å². The SMILES string of the molecule is CCS(=O)CCn1c(-c2ccccc2)nc2c1CCNC2. The van der Waals surface area contributed by atoms with Crippen molar-refractivity contribution in [3.8, 4) is 11.4 Å². The molecule has 3 rings (SSSR count). The lowest BCUT2D eigenvalue weighted by molar-refractivity contribution is 0.597. The average Bonchev–Trinajstić information content (AvgIpc) is 2.92. The molecule has 0 radical (unpaired) electrons. The molecule has 0 spiro atoms. The number of aromatic nitrogens is 2. The van der Waals surface area contributed by atoms with Crippen LogP contribution in [0.4, 0.5) is 0 Å². The average molecular weight is 303 g/mol. The van der Waals surface area contributed by atoms with E-state index < -0.39 is 10.8 Å². The molecule has 2 aromatic rings. The van der Waals surface area contributed by atoms with Crippen molar-refractivity contribution in [1.29, 1.82) is 0 Å². The molecule has 1 aliphatic rings. The molecule has 0 saturated carbocycles. The molecule has 0 aliphatic carbocycles. The van der Waals surface area contributed by atoms with Crippen molar-refractivity contribution >= 4 is 10.8 Å². The van der Waals surface area contributed by atoms with Gasteiger partial charge in [-0.25, -0.2) is 4.98 Å². The summed E-state index contributed by atoms with van der Waals surface area (Å²) in [4.78, 5) is 4.83. The van der Waals surface area contributed by atoms with E-state index in [4.69, 9.17) is 4.98 Å². The Morgan fingerprint density at radius 3 is 2.90 bits per heavy atom. The van der Waals surface area contributed by atoms with Gasteiger partial charge in [0.05, 0.1) is 5.69 Å². The van der Waals surface area contributed by atoms with Gasteiger partial charge in [0.15, 0.2) is 0 Å². The maximum atomic E-state index is 11.8. The Labute approximate surface area is 128 Å². The first-order chi connectivity index (χ1) is 10.3. The molecule has 1 aromatic carbocycles. The van der Waals surface area contributed by atoms with Crippen LogP contribution in [0.15, 0.2) is 30.3 Å². The van der Waals surface area contributed by atoms with Crippen molar-refractivity contribution in [2.45, 2.75) is 26.4 Å². The Kier molecular flexibility index (Phi) is 4.51. The molecule has 0 saturated heterocycles. The number of rotatable bonds is 5. The molecular formula is C16H21N3OS. The first-order valence-electron chi connectivity index (χ1n) is 7.49. The highest BCUT2D eigenvalue weighted by Gasteiger charge is 2.20. The van der Waals surface area contributed by atoms with Gasteiger partial charge in [0.1, 0.15) is 5.82 Å². The number of imidazole rings is 1. The largest absolute Gasteiger partial charge is 0.327 e. The summed E-state index contributed by atoms with van der Waals surface area (Å²) in [7, 11) is -0.741. The Hall–Kier alpha value is -1.46. The molecule has 4 nitrogen and oxygen atoms in total. The van der Waals surface area contributed by atoms with Gasteiger partial charge in [-0.3, -0.25) is 4.21 Å². The fourth-order valence-corrected chi connectivity index (χ4v) is 3.43. The molecule has 1 unspecified atom stereocenters. The molecule has 21 heavy (non-hydrogen) atoms. The fraction of sp³-hybridized carbons (Fsp3) is 0.438. The number of nitrogens with one attached hydrogen (secondary N) is 1. The Morgan fingerprint density at radius 1 is 1.33 bits per heavy atom. The van der Waals surface area contributed by atoms with Crippen molar-refractivity contribution in [1.82, 2.24) is 14.9 Å². The molecular weight excluding hydrogens is 282 g/mol. The van der Waals surface area contributed by atoms with E-state index in [0.29, 0.717) is 5.75 Å². The monoisotopic (exact) mass is 303 g/mol. The van der Waals surface area contributed by atoms with Crippen molar-refractivity contribution in [3.63, 3.8) is 0 Å². The zero-order chi connectivity index (χ0) is 14.7. The van der Waals surface area contributed by atoms with Gasteiger partial charge >= 0.3 is 0 Å². The van der Waals surface area contributed by atoms with Crippen LogP contribution in [0, 0.1) is 0 Å². The van der Waals surface area contributed by atoms with Crippen LogP contribution in [0.2, 0.25) is 0 Å². The second-order valence-electron chi connectivity index (χ2n) is 5.21. The minimum Gasteiger partial charge on any atom is -0.327 e. The minimum absolute atomic E-state index is 0.701. The van der Waals surface area contributed by atoms with Crippen LogP contribution in [0.25, 0.3) is 11.4 Å². The number of hydrogen-bond acceptors (Lipinski definition) is 3. The van der Waals surface area contributed by atoms with Gasteiger partial charge in [0, 0.05) is 59.6 Å². The summed E-state index contributed by atoms with van der Waals surface area (Å²) in [6.07, 6.45) is 0.994. The number of benzene rings is 1. The molecule has 5 heteroatoms. The molecule has 0 bridgehead atoms. The normalized spacial score (nSPS) is 15.7. The summed E-state index contributed by atoms with van der Waals surface area (Å²) in [6.45, 7) is 4.58. The van der Waals surface area contributed by atoms with Crippen LogP contribution in [0.5, 0.6) is 0 Å². The third kappa shape index (κ3) is 3.09. The van der Waals surface area contributed by atoms with Gasteiger partial charge in [-0.05, 0) is 0 Å². The van der Waals surface area contributed by atoms with E-state index in [0.717, 1.165) is 48.9 Å². The zero-order valence-corrected chi connectivity index (χ0v) is 13.2. The van der Waals surface area contributed by atoms with Crippen LogP contribution >= 0.6 is 0 Å². The van der Waals surface area contributed by atoms with Crippen LogP contribution < -0.4 is 5.32 Å². The van der Waals surface area contributed by atoms with E-state index in [1.165, 1.54) is 5.69 Å². The molecule has 1 aromatic heterocycles. The highest BCUT2D eigenvalue weighted by molar-refractivity contribution is 7.84. The van der Waals surface area contributed by atoms with Gasteiger partial charge in [-0.2, -0.15) is 0 Å². The van der Waals surface area contributed by atoms with E-state index in [2.05, 4.69) is 22.0 Å². The second kappa shape index (κ2) is 6.54. The summed E-state index contributed by atoms with van der Waals surface area (Å²) in [5, 5.41) is 3.37. The summed E-state index contributed by atoms with van der Waals surface area (Å²) < 4.78 is 14.1. The summed E-state index contributed by atoms with van der Waals surface area (Å²) in [5.74, 6) is 2.43. The summed E-state index contributed by atoms with van der Waals surface area (Å²) in [5.41, 5.74) is 3.58. The highest BCUT2D eigenvalue weighted by atomic mass is 32.2. The van der Waals surface area contributed by atoms with E-state index in [-0.39, 0.29) is 0 Å². The standard InChI is InChI=1S/C16H21N3OS/c1-2-21(20)11-10-19-15-8-9-17-12-14(15)18-16(19)13-6-4-3-5-7-13/h3-7,17H,2,8-12H2,1H3. The van der Waals surface area contributed by atoms with E-state index >= 15 is 0 Å². The highest BCUT2D eigenvalue weighted by Crippen LogP contribution is 2.24. The van der Waals surface area contributed by atoms with Gasteiger partial charge < -0.3 is 9.88 Å². The van der Waals surface area contributed by atoms with E-state index in [1.54, 1.807) is 0 Å². The van der Waals surface area contributed by atoms with Gasteiger partial charge in [-0.1, -0.05) is 37.3 Å². The van der Waals surface area contributed by atoms with Gasteiger partial charge in [-0.15, -0.1) is 0 Å². The third-order valence-electron chi connectivity index (χ3n) is 3.88. The molecule has 0 fully saturated rings. The maximum Gasteiger partial charge on any atom is 0.140 e. The lowest BCUT2D eigenvalue weighted by Gasteiger charge is -2.16. The summed E-state index contributed by atoms with van der Waals surface area (Å²) in [6, 6.07) is 10.3. The fourth-order valence-electron chi connectivity index (χ4n) is 2.76. The third-order valence-corrected chi connectivity index (χ3v) is 5.16. The van der Waals surface area contributed by atoms with Crippen LogP contribution in [-0.4, -0.2) is 31.8 Å². The maximum absolute atomic E-state index is 11.8. The predicted octanol–water partition coefficient (Wildman–Crippen LogP) is 1.96. The predicted molar refractivity (Wildman–Crippen MR) is 86.6 cm³/mol. The molecule has 0 amide bonds. The first-order valence-corrected chi connectivity index (χ1v) is 8.97. The van der Waals surface area contributed by atoms with E-state index in [9.17, 15) is 4.21 Å². The second-order valence-corrected chi connectivity index (χ2v) is 7.07. The lowest BCUT2D eigenvalue weighted by atomic mass is 10.2. The molecule has 1 atom stereocenters. The smallest absolute Gasteiger partial charge is 0.140 e. The van der Waals surface area contributed by atoms with Crippen LogP contribution in [0.3, 0.4) is 0 Å². The first kappa shape index (κ1) is 14.5. The Morgan fingerprint density at radius 2 is 2.14 bits per heavy atom. The number of nitrogens with zero attached hydrogens (tertiary/aromatic N) is 2. The van der Waals surface area contributed by atoms with Crippen molar-refractivity contribution in [2.75, 3.05) is 18.1 Å². The number of hydrogen-bond donors (Lipinski definition) is 1. The van der Waals surface area contributed by atoms with Crippen molar-refractivity contribution < 1.29 is 4.21 Å². The van der Waals surface area contributed by atoms with E-state index in [1.807, 2.05) is 25.1 Å². The minimum atomic E-state index is -0.741. The van der Waals surface area contributed by atoms with Crippen molar-refractivity contribution in [3.05, 3.63) is 41.7 Å². The molecule has 1 N–H and O–H groups in total. The molecule has 112 valence electrons. The lowest BCUT2D eigenvalue weighted by Crippen LogP contribution is -2.25. The van der Waals surface area contributed by atoms with Crippen LogP contribution in [0.1, 0.15) is 18.3 Å². The van der Waals surface area contributed by atoms with Gasteiger partial charge in [0.2, 0.25) is 0 Å². The Balaban J connectivity index is 1.98. The number of fused-ring (bicyclic) bond motifs is 1. The topological polar surface area (TPSA) is 46.9 Å². The quantitative estimate of drug-likeness (QED) is 0.918. The zero-order valence-electron chi connectivity index (χ0n) is 12.3. The van der Waals surface area contributed by atoms with Crippen molar-refractivity contribution in [2.24, 2.45) is 0 Å².